The van der Waals surface area contributed by atoms with Crippen LogP contribution in [0.4, 0.5) is 5.82 Å². The summed E-state index contributed by atoms with van der Waals surface area (Å²) in [6.07, 6.45) is 2.81. The Morgan fingerprint density at radius 3 is 3.33 bits per heavy atom. The second-order valence-electron chi connectivity index (χ2n) is 1.62. The predicted molar refractivity (Wildman–Crippen MR) is 29.7 cm³/mol. The number of imidazole rings is 1. The van der Waals surface area contributed by atoms with E-state index in [9.17, 15) is 0 Å². The first kappa shape index (κ1) is 4.37. The van der Waals surface area contributed by atoms with E-state index in [4.69, 9.17) is 10.2 Å². The van der Waals surface area contributed by atoms with Gasteiger partial charge in [-0.05, 0) is 0 Å². The van der Waals surface area contributed by atoms with Gasteiger partial charge in [0, 0.05) is 0 Å². The maximum absolute atomic E-state index is 5.35. The van der Waals surface area contributed by atoms with Gasteiger partial charge in [0.05, 0.1) is 0 Å². The summed E-state index contributed by atoms with van der Waals surface area (Å²) in [6.45, 7) is 0. The minimum absolute atomic E-state index is 0.368. The van der Waals surface area contributed by atoms with Gasteiger partial charge in [-0.2, -0.15) is 4.52 Å². The zero-order chi connectivity index (χ0) is 6.27. The van der Waals surface area contributed by atoms with Crippen molar-refractivity contribution in [2.24, 2.45) is 0 Å². The lowest BCUT2D eigenvalue weighted by atomic mass is 10.8. The zero-order valence-corrected chi connectivity index (χ0v) is 4.48. The third-order valence-electron chi connectivity index (χ3n) is 1.07. The molecule has 2 rings (SSSR count). The Bertz CT molecular complexity index is 322. The second kappa shape index (κ2) is 1.25. The van der Waals surface area contributed by atoms with E-state index in [1.165, 1.54) is 17.2 Å². The van der Waals surface area contributed by atoms with E-state index in [1.807, 2.05) is 0 Å². The maximum Gasteiger partial charge on any atom is 0.266 e. The molecule has 0 aromatic carbocycles. The van der Waals surface area contributed by atoms with Crippen LogP contribution in [-0.2, 0) is 0 Å². The molecule has 0 fully saturated rings. The molecule has 2 heterocycles. The van der Waals surface area contributed by atoms with Crippen molar-refractivity contribution < 1.29 is 4.42 Å². The lowest BCUT2D eigenvalue weighted by Gasteiger charge is -1.74. The van der Waals surface area contributed by atoms with Crippen molar-refractivity contribution >= 4 is 11.5 Å². The Morgan fingerprint density at radius 1 is 1.67 bits per heavy atom. The zero-order valence-electron chi connectivity index (χ0n) is 4.48. The van der Waals surface area contributed by atoms with Gasteiger partial charge in [-0.1, -0.05) is 0 Å². The number of nitrogens with zero attached hydrogens (tertiary/aromatic N) is 3. The second-order valence-corrected chi connectivity index (χ2v) is 1.62. The highest BCUT2D eigenvalue weighted by Gasteiger charge is 2.01. The van der Waals surface area contributed by atoms with Gasteiger partial charge in [-0.3, -0.25) is 0 Å². The molecule has 0 aliphatic carbocycles. The third kappa shape index (κ3) is 0.426. The fourth-order valence-corrected chi connectivity index (χ4v) is 0.663. The van der Waals surface area contributed by atoms with Crippen molar-refractivity contribution in [1.82, 2.24) is 14.6 Å². The molecule has 5 heteroatoms. The summed E-state index contributed by atoms with van der Waals surface area (Å²) in [6, 6.07) is 0. The van der Waals surface area contributed by atoms with Crippen LogP contribution in [0.15, 0.2) is 17.1 Å². The highest BCUT2D eigenvalue weighted by molar-refractivity contribution is 5.55. The van der Waals surface area contributed by atoms with Crippen LogP contribution >= 0.6 is 0 Å². The quantitative estimate of drug-likeness (QED) is 0.532. The van der Waals surface area contributed by atoms with Crippen LogP contribution in [0.25, 0.3) is 5.71 Å². The van der Waals surface area contributed by atoms with Crippen LogP contribution in [-0.4, -0.2) is 14.6 Å². The smallest absolute Gasteiger partial charge is 0.266 e. The molecule has 0 unspecified atom stereocenters. The van der Waals surface area contributed by atoms with Crippen molar-refractivity contribution in [3.63, 3.8) is 0 Å². The van der Waals surface area contributed by atoms with E-state index in [0.717, 1.165) is 0 Å². The largest absolute Gasteiger partial charge is 0.422 e. The summed E-state index contributed by atoms with van der Waals surface area (Å²) in [7, 11) is 0. The average molecular weight is 124 g/mol. The first-order chi connectivity index (χ1) is 4.38. The number of hydrogen-bond acceptors (Lipinski definition) is 4. The summed E-state index contributed by atoms with van der Waals surface area (Å²) in [5, 5.41) is 3.75. The van der Waals surface area contributed by atoms with Gasteiger partial charge in [0.25, 0.3) is 5.71 Å². The average Bonchev–Trinajstić information content (AvgIpc) is 2.35. The lowest BCUT2D eigenvalue weighted by Crippen LogP contribution is -1.82. The Morgan fingerprint density at radius 2 is 2.56 bits per heavy atom. The highest BCUT2D eigenvalue weighted by Crippen LogP contribution is 2.07. The predicted octanol–water partition coefficient (Wildman–Crippen LogP) is -0.0955. The highest BCUT2D eigenvalue weighted by atomic mass is 16.4. The first-order valence-electron chi connectivity index (χ1n) is 2.40. The van der Waals surface area contributed by atoms with Gasteiger partial charge in [0.2, 0.25) is 6.39 Å². The van der Waals surface area contributed by atoms with Gasteiger partial charge in [0.1, 0.15) is 6.33 Å². The van der Waals surface area contributed by atoms with E-state index >= 15 is 0 Å². The third-order valence-corrected chi connectivity index (χ3v) is 1.07. The summed E-state index contributed by atoms with van der Waals surface area (Å²) < 4.78 is 6.32. The number of rotatable bonds is 0. The molecule has 46 valence electrons. The van der Waals surface area contributed by atoms with Crippen LogP contribution in [0.3, 0.4) is 0 Å². The SMILES string of the molecule is Nc1ncn2ncoc12. The molecule has 0 aliphatic rings. The summed E-state index contributed by atoms with van der Waals surface area (Å²) in [4.78, 5) is 3.74. The molecule has 0 radical (unpaired) electrons. The minimum Gasteiger partial charge on any atom is -0.422 e. The molecular formula is C4H4N4O. The molecular weight excluding hydrogens is 120 g/mol. The molecule has 2 N–H and O–H groups in total. The van der Waals surface area contributed by atoms with Gasteiger partial charge in [-0.15, -0.1) is 5.10 Å². The van der Waals surface area contributed by atoms with E-state index in [0.29, 0.717) is 11.5 Å². The molecule has 2 aromatic rings. The lowest BCUT2D eigenvalue weighted by molar-refractivity contribution is 0.601. The summed E-state index contributed by atoms with van der Waals surface area (Å²) in [5.74, 6) is 0.368. The van der Waals surface area contributed by atoms with Gasteiger partial charge in [0.15, 0.2) is 5.82 Å². The molecule has 0 aliphatic heterocycles. The van der Waals surface area contributed by atoms with Crippen LogP contribution in [0.1, 0.15) is 0 Å². The Balaban J connectivity index is 2.99. The Hall–Kier alpha value is -1.52. The molecule has 0 amide bonds. The Kier molecular flexibility index (Phi) is 0.606. The van der Waals surface area contributed by atoms with E-state index in [-0.39, 0.29) is 0 Å². The molecule has 9 heavy (non-hydrogen) atoms. The fourth-order valence-electron chi connectivity index (χ4n) is 0.663. The van der Waals surface area contributed by atoms with Crippen LogP contribution in [0, 0.1) is 0 Å². The number of anilines is 1. The normalized spacial score (nSPS) is 10.7. The molecule has 0 saturated heterocycles. The van der Waals surface area contributed by atoms with Crippen LogP contribution < -0.4 is 5.73 Å². The van der Waals surface area contributed by atoms with Crippen LogP contribution in [0.2, 0.25) is 0 Å². The standard InChI is InChI=1S/C4H4N4O/c5-3-4-8(1-6-3)7-2-9-4/h1-2H,5H2. The number of nitrogen functional groups attached to an aromatic ring is 1. The van der Waals surface area contributed by atoms with Crippen molar-refractivity contribution in [2.75, 3.05) is 5.73 Å². The van der Waals surface area contributed by atoms with E-state index in [1.54, 1.807) is 0 Å². The van der Waals surface area contributed by atoms with Crippen molar-refractivity contribution in [3.05, 3.63) is 12.7 Å². The van der Waals surface area contributed by atoms with Gasteiger partial charge < -0.3 is 10.2 Å². The Labute approximate surface area is 50.1 Å². The van der Waals surface area contributed by atoms with E-state index in [2.05, 4.69) is 10.1 Å². The van der Waals surface area contributed by atoms with Crippen molar-refractivity contribution in [1.29, 1.82) is 0 Å². The van der Waals surface area contributed by atoms with Gasteiger partial charge in [-0.25, -0.2) is 4.98 Å². The van der Waals surface area contributed by atoms with E-state index < -0.39 is 0 Å². The molecule has 0 bridgehead atoms. The summed E-state index contributed by atoms with van der Waals surface area (Å²) in [5.41, 5.74) is 5.85. The van der Waals surface area contributed by atoms with Gasteiger partial charge >= 0.3 is 0 Å². The monoisotopic (exact) mass is 124 g/mol. The van der Waals surface area contributed by atoms with Crippen LogP contribution in [0.5, 0.6) is 0 Å². The van der Waals surface area contributed by atoms with Crippen molar-refractivity contribution in [3.8, 4) is 0 Å². The molecule has 5 nitrogen and oxygen atoms in total. The topological polar surface area (TPSA) is 69.3 Å². The number of fused-ring (bicyclic) bond motifs is 1. The number of hydrogen-bond donors (Lipinski definition) is 1. The maximum atomic E-state index is 5.35. The summed E-state index contributed by atoms with van der Waals surface area (Å²) >= 11 is 0. The van der Waals surface area contributed by atoms with Crippen molar-refractivity contribution in [2.45, 2.75) is 0 Å². The number of nitrogens with two attached hydrogens (primary N) is 1. The molecule has 0 atom stereocenters. The minimum atomic E-state index is 0.368. The number of aromatic nitrogens is 3. The molecule has 0 saturated carbocycles. The first-order valence-corrected chi connectivity index (χ1v) is 2.40. The molecule has 2 aromatic heterocycles. The fraction of sp³-hybridized carbons (Fsp3) is 0. The molecule has 0 spiro atoms.